The number of nitrogens with zero attached hydrogens (tertiary/aromatic N) is 3. The maximum absolute atomic E-state index is 8.47. The van der Waals surface area contributed by atoms with Crippen LogP contribution in [0.15, 0.2) is 28.8 Å². The lowest BCUT2D eigenvalue weighted by molar-refractivity contribution is 0.379. The molecule has 1 heterocycles. The molecule has 0 unspecified atom stereocenters. The average Bonchev–Trinajstić information content (AvgIpc) is 2.85. The van der Waals surface area contributed by atoms with Crippen molar-refractivity contribution >= 4 is 0 Å². The Kier molecular flexibility index (Phi) is 3.36. The highest BCUT2D eigenvalue weighted by molar-refractivity contribution is 5.63. The Hall–Kier alpha value is -2.35. The van der Waals surface area contributed by atoms with Gasteiger partial charge in [-0.1, -0.05) is 17.3 Å². The van der Waals surface area contributed by atoms with E-state index in [2.05, 4.69) is 10.1 Å². The summed E-state index contributed by atoms with van der Waals surface area (Å²) in [6.45, 7) is 0. The van der Waals surface area contributed by atoms with Crippen molar-refractivity contribution in [2.75, 3.05) is 7.11 Å². The molecule has 86 valence electrons. The van der Waals surface area contributed by atoms with Crippen LogP contribution in [0.25, 0.3) is 11.4 Å². The molecular weight excluding hydrogens is 218 g/mol. The lowest BCUT2D eigenvalue weighted by atomic mass is 10.2. The Balaban J connectivity index is 2.28. The molecule has 0 aliphatic heterocycles. The van der Waals surface area contributed by atoms with E-state index < -0.39 is 0 Å². The number of hydrogen-bond acceptors (Lipinski definition) is 5. The molecule has 1 aromatic carbocycles. The van der Waals surface area contributed by atoms with E-state index in [1.165, 1.54) is 0 Å². The van der Waals surface area contributed by atoms with E-state index in [4.69, 9.17) is 14.5 Å². The number of hydrogen-bond donors (Lipinski definition) is 0. The molecule has 0 saturated carbocycles. The largest absolute Gasteiger partial charge is 0.496 e. The summed E-state index contributed by atoms with van der Waals surface area (Å²) in [6.07, 6.45) is 0.839. The number of ether oxygens (including phenoxy) is 1. The van der Waals surface area contributed by atoms with Crippen molar-refractivity contribution in [2.45, 2.75) is 12.8 Å². The number of rotatable bonds is 4. The number of benzene rings is 1. The van der Waals surface area contributed by atoms with Gasteiger partial charge in [0.2, 0.25) is 11.7 Å². The third kappa shape index (κ3) is 2.42. The molecular formula is C12H11N3O2. The summed E-state index contributed by atoms with van der Waals surface area (Å²) in [5.74, 6) is 1.64. The average molecular weight is 229 g/mol. The summed E-state index contributed by atoms with van der Waals surface area (Å²) in [5, 5.41) is 12.3. The quantitative estimate of drug-likeness (QED) is 0.803. The zero-order valence-corrected chi connectivity index (χ0v) is 9.38. The van der Waals surface area contributed by atoms with E-state index in [0.29, 0.717) is 30.3 Å². The van der Waals surface area contributed by atoms with Crippen molar-refractivity contribution in [1.82, 2.24) is 10.1 Å². The molecule has 5 heteroatoms. The van der Waals surface area contributed by atoms with Crippen LogP contribution in [0.2, 0.25) is 0 Å². The maximum Gasteiger partial charge on any atom is 0.227 e. The van der Waals surface area contributed by atoms with Crippen LogP contribution in [0.5, 0.6) is 5.75 Å². The van der Waals surface area contributed by atoms with Gasteiger partial charge < -0.3 is 9.26 Å². The van der Waals surface area contributed by atoms with Crippen LogP contribution in [-0.2, 0) is 6.42 Å². The summed E-state index contributed by atoms with van der Waals surface area (Å²) < 4.78 is 10.3. The highest BCUT2D eigenvalue weighted by Crippen LogP contribution is 2.27. The first kappa shape index (κ1) is 11.1. The van der Waals surface area contributed by atoms with Gasteiger partial charge in [0.15, 0.2) is 0 Å². The first-order valence-corrected chi connectivity index (χ1v) is 5.18. The Morgan fingerprint density at radius 3 is 3.00 bits per heavy atom. The summed E-state index contributed by atoms with van der Waals surface area (Å²) >= 11 is 0. The SMILES string of the molecule is COc1ccccc1-c1noc(CCC#N)n1. The molecule has 0 amide bonds. The Morgan fingerprint density at radius 2 is 2.24 bits per heavy atom. The smallest absolute Gasteiger partial charge is 0.227 e. The fourth-order valence-electron chi connectivity index (χ4n) is 1.46. The van der Waals surface area contributed by atoms with E-state index in [-0.39, 0.29) is 0 Å². The summed E-state index contributed by atoms with van der Waals surface area (Å²) in [7, 11) is 1.59. The van der Waals surface area contributed by atoms with Crippen LogP contribution in [0.4, 0.5) is 0 Å². The molecule has 0 fully saturated rings. The van der Waals surface area contributed by atoms with E-state index in [9.17, 15) is 0 Å². The number of aryl methyl sites for hydroxylation is 1. The third-order valence-corrected chi connectivity index (χ3v) is 2.27. The second-order valence-electron chi connectivity index (χ2n) is 3.37. The molecule has 0 N–H and O–H groups in total. The van der Waals surface area contributed by atoms with Crippen LogP contribution in [0.1, 0.15) is 12.3 Å². The second kappa shape index (κ2) is 5.12. The highest BCUT2D eigenvalue weighted by Gasteiger charge is 2.12. The molecule has 2 rings (SSSR count). The van der Waals surface area contributed by atoms with Gasteiger partial charge >= 0.3 is 0 Å². The Labute approximate surface area is 98.6 Å². The topological polar surface area (TPSA) is 71.9 Å². The monoisotopic (exact) mass is 229 g/mol. The van der Waals surface area contributed by atoms with Crippen molar-refractivity contribution in [2.24, 2.45) is 0 Å². The minimum atomic E-state index is 0.369. The Morgan fingerprint density at radius 1 is 1.41 bits per heavy atom. The normalized spacial score (nSPS) is 9.88. The third-order valence-electron chi connectivity index (χ3n) is 2.27. The van der Waals surface area contributed by atoms with Gasteiger partial charge in [0.1, 0.15) is 5.75 Å². The number of para-hydroxylation sites is 1. The van der Waals surface area contributed by atoms with E-state index in [1.807, 2.05) is 30.3 Å². The summed E-state index contributed by atoms with van der Waals surface area (Å²) in [5.41, 5.74) is 0.780. The van der Waals surface area contributed by atoms with Crippen molar-refractivity contribution in [3.63, 3.8) is 0 Å². The molecule has 0 aliphatic rings. The molecule has 0 spiro atoms. The Bertz CT molecular complexity index is 543. The minimum Gasteiger partial charge on any atom is -0.496 e. The second-order valence-corrected chi connectivity index (χ2v) is 3.37. The molecule has 0 atom stereocenters. The summed E-state index contributed by atoms with van der Waals surface area (Å²) in [4.78, 5) is 4.22. The molecule has 0 radical (unpaired) electrons. The molecule has 2 aromatic rings. The summed E-state index contributed by atoms with van der Waals surface area (Å²) in [6, 6.07) is 9.48. The molecule has 0 bridgehead atoms. The van der Waals surface area contributed by atoms with Gasteiger partial charge in [0.05, 0.1) is 18.7 Å². The predicted molar refractivity (Wildman–Crippen MR) is 60.2 cm³/mol. The van der Waals surface area contributed by atoms with Crippen LogP contribution in [-0.4, -0.2) is 17.3 Å². The molecule has 0 aliphatic carbocycles. The van der Waals surface area contributed by atoms with Gasteiger partial charge in [-0.2, -0.15) is 10.2 Å². The lowest BCUT2D eigenvalue weighted by Gasteiger charge is -2.02. The van der Waals surface area contributed by atoms with Gasteiger partial charge in [0, 0.05) is 12.8 Å². The van der Waals surface area contributed by atoms with Gasteiger partial charge in [-0.05, 0) is 12.1 Å². The standard InChI is InChI=1S/C12H11N3O2/c1-16-10-6-3-2-5-9(10)12-14-11(17-15-12)7-4-8-13/h2-3,5-6H,4,7H2,1H3. The predicted octanol–water partition coefficient (Wildman–Crippen LogP) is 2.20. The number of nitriles is 1. The van der Waals surface area contributed by atoms with E-state index in [1.54, 1.807) is 7.11 Å². The van der Waals surface area contributed by atoms with Crippen molar-refractivity contribution in [1.29, 1.82) is 5.26 Å². The van der Waals surface area contributed by atoms with Gasteiger partial charge in [-0.15, -0.1) is 0 Å². The zero-order valence-electron chi connectivity index (χ0n) is 9.38. The molecule has 1 aromatic heterocycles. The van der Waals surface area contributed by atoms with Crippen LogP contribution < -0.4 is 4.74 Å². The van der Waals surface area contributed by atoms with Crippen LogP contribution in [0.3, 0.4) is 0 Å². The maximum atomic E-state index is 8.47. The van der Waals surface area contributed by atoms with E-state index in [0.717, 1.165) is 5.56 Å². The van der Waals surface area contributed by atoms with Gasteiger partial charge in [0.25, 0.3) is 0 Å². The van der Waals surface area contributed by atoms with Crippen molar-refractivity contribution in [3.8, 4) is 23.2 Å². The van der Waals surface area contributed by atoms with Gasteiger partial charge in [-0.3, -0.25) is 0 Å². The molecule has 0 saturated heterocycles. The van der Waals surface area contributed by atoms with Gasteiger partial charge in [-0.25, -0.2) is 0 Å². The van der Waals surface area contributed by atoms with E-state index >= 15 is 0 Å². The van der Waals surface area contributed by atoms with Crippen molar-refractivity contribution < 1.29 is 9.26 Å². The number of aromatic nitrogens is 2. The highest BCUT2D eigenvalue weighted by atomic mass is 16.5. The van der Waals surface area contributed by atoms with Crippen LogP contribution in [0, 0.1) is 11.3 Å². The zero-order chi connectivity index (χ0) is 12.1. The molecule has 17 heavy (non-hydrogen) atoms. The first-order valence-electron chi connectivity index (χ1n) is 5.18. The fraction of sp³-hybridized carbons (Fsp3) is 0.250. The number of methoxy groups -OCH3 is 1. The molecule has 5 nitrogen and oxygen atoms in total. The minimum absolute atomic E-state index is 0.369. The first-order chi connectivity index (χ1) is 8.35. The lowest BCUT2D eigenvalue weighted by Crippen LogP contribution is -1.89. The fourth-order valence-corrected chi connectivity index (χ4v) is 1.46. The van der Waals surface area contributed by atoms with Crippen LogP contribution >= 0.6 is 0 Å². The van der Waals surface area contributed by atoms with Crippen molar-refractivity contribution in [3.05, 3.63) is 30.2 Å².